The molecule has 2 rings (SSSR count). The lowest BCUT2D eigenvalue weighted by Crippen LogP contribution is -2.13. The predicted octanol–water partition coefficient (Wildman–Crippen LogP) is 3.89. The number of halogens is 3. The van der Waals surface area contributed by atoms with Crippen LogP contribution in [0.1, 0.15) is 10.4 Å². The van der Waals surface area contributed by atoms with Crippen LogP contribution in [0.4, 0.5) is 10.1 Å². The number of pyridine rings is 1. The summed E-state index contributed by atoms with van der Waals surface area (Å²) in [7, 11) is 0. The molecule has 92 valence electrons. The van der Waals surface area contributed by atoms with Crippen LogP contribution >= 0.6 is 27.5 Å². The molecule has 3 nitrogen and oxygen atoms in total. The highest BCUT2D eigenvalue weighted by Crippen LogP contribution is 2.23. The van der Waals surface area contributed by atoms with E-state index in [-0.39, 0.29) is 10.7 Å². The van der Waals surface area contributed by atoms with Crippen LogP contribution in [0.25, 0.3) is 0 Å². The first kappa shape index (κ1) is 13.0. The monoisotopic (exact) mass is 328 g/mol. The Morgan fingerprint density at radius 3 is 2.83 bits per heavy atom. The average molecular weight is 330 g/mol. The number of carbonyl (C=O) groups excluding carboxylic acids is 1. The van der Waals surface area contributed by atoms with Crippen LogP contribution in [0.5, 0.6) is 0 Å². The predicted molar refractivity (Wildman–Crippen MR) is 71.3 cm³/mol. The average Bonchev–Trinajstić information content (AvgIpc) is 2.35. The van der Waals surface area contributed by atoms with Crippen molar-refractivity contribution in [2.24, 2.45) is 0 Å². The van der Waals surface area contributed by atoms with Crippen LogP contribution in [0.15, 0.2) is 41.0 Å². The summed E-state index contributed by atoms with van der Waals surface area (Å²) in [6, 6.07) is 8.12. The van der Waals surface area contributed by atoms with Crippen LogP contribution in [0, 0.1) is 5.82 Å². The SMILES string of the molecule is O=C(Nc1ccccc1Br)c1cc(F)cnc1Cl. The molecule has 2 aromatic rings. The Balaban J connectivity index is 2.28. The summed E-state index contributed by atoms with van der Waals surface area (Å²) in [4.78, 5) is 15.5. The van der Waals surface area contributed by atoms with Gasteiger partial charge in [0.2, 0.25) is 0 Å². The van der Waals surface area contributed by atoms with Gasteiger partial charge in [-0.05, 0) is 34.1 Å². The lowest BCUT2D eigenvalue weighted by Gasteiger charge is -2.07. The van der Waals surface area contributed by atoms with E-state index < -0.39 is 11.7 Å². The molecule has 0 fully saturated rings. The number of amides is 1. The van der Waals surface area contributed by atoms with Crippen molar-refractivity contribution in [2.75, 3.05) is 5.32 Å². The Bertz CT molecular complexity index is 606. The second kappa shape index (κ2) is 5.46. The molecule has 0 saturated carbocycles. The molecular weight excluding hydrogens is 322 g/mol. The second-order valence-corrected chi connectivity index (χ2v) is 4.64. The van der Waals surface area contributed by atoms with Gasteiger partial charge in [-0.3, -0.25) is 4.79 Å². The van der Waals surface area contributed by atoms with Crippen LogP contribution in [0.2, 0.25) is 5.15 Å². The van der Waals surface area contributed by atoms with E-state index in [0.717, 1.165) is 16.7 Å². The number of aromatic nitrogens is 1. The maximum atomic E-state index is 13.0. The minimum absolute atomic E-state index is 0.00702. The minimum atomic E-state index is -0.614. The Kier molecular flexibility index (Phi) is 3.93. The van der Waals surface area contributed by atoms with Crippen molar-refractivity contribution in [2.45, 2.75) is 0 Å². The summed E-state index contributed by atoms with van der Waals surface area (Å²) in [6.07, 6.45) is 0.956. The van der Waals surface area contributed by atoms with Gasteiger partial charge < -0.3 is 5.32 Å². The molecule has 18 heavy (non-hydrogen) atoms. The topological polar surface area (TPSA) is 42.0 Å². The number of hydrogen-bond acceptors (Lipinski definition) is 2. The highest BCUT2D eigenvalue weighted by atomic mass is 79.9. The summed E-state index contributed by atoms with van der Waals surface area (Å²) in [6.45, 7) is 0. The molecule has 0 unspecified atom stereocenters. The molecule has 1 aromatic heterocycles. The van der Waals surface area contributed by atoms with Crippen LogP contribution in [-0.2, 0) is 0 Å². The molecule has 0 aliphatic carbocycles. The van der Waals surface area contributed by atoms with Gasteiger partial charge in [-0.2, -0.15) is 0 Å². The summed E-state index contributed by atoms with van der Waals surface area (Å²) < 4.78 is 13.7. The Hall–Kier alpha value is -1.46. The summed E-state index contributed by atoms with van der Waals surface area (Å²) in [5, 5.41) is 2.58. The van der Waals surface area contributed by atoms with Crippen molar-refractivity contribution < 1.29 is 9.18 Å². The third kappa shape index (κ3) is 2.86. The third-order valence-electron chi connectivity index (χ3n) is 2.17. The molecule has 1 N–H and O–H groups in total. The van der Waals surface area contributed by atoms with Gasteiger partial charge >= 0.3 is 0 Å². The highest BCUT2D eigenvalue weighted by molar-refractivity contribution is 9.10. The molecule has 0 bridgehead atoms. The van der Waals surface area contributed by atoms with Gasteiger partial charge in [-0.15, -0.1) is 0 Å². The number of nitrogens with one attached hydrogen (secondary N) is 1. The standard InChI is InChI=1S/C12H7BrClFN2O/c13-9-3-1-2-4-10(9)17-12(18)8-5-7(15)6-16-11(8)14/h1-6H,(H,17,18). The maximum absolute atomic E-state index is 13.0. The number of hydrogen-bond donors (Lipinski definition) is 1. The zero-order valence-electron chi connectivity index (χ0n) is 8.95. The van der Waals surface area contributed by atoms with E-state index in [4.69, 9.17) is 11.6 Å². The van der Waals surface area contributed by atoms with Gasteiger partial charge in [0.1, 0.15) is 11.0 Å². The molecule has 0 atom stereocenters. The number of rotatable bonds is 2. The van der Waals surface area contributed by atoms with Crippen LogP contribution in [-0.4, -0.2) is 10.9 Å². The van der Waals surface area contributed by atoms with Gasteiger partial charge in [-0.1, -0.05) is 23.7 Å². The van der Waals surface area contributed by atoms with E-state index >= 15 is 0 Å². The van der Waals surface area contributed by atoms with Crippen molar-refractivity contribution in [1.82, 2.24) is 4.98 Å². The van der Waals surface area contributed by atoms with Gasteiger partial charge in [0.15, 0.2) is 0 Å². The first-order valence-electron chi connectivity index (χ1n) is 4.95. The van der Waals surface area contributed by atoms with Crippen LogP contribution < -0.4 is 5.32 Å². The molecule has 1 amide bonds. The quantitative estimate of drug-likeness (QED) is 0.849. The largest absolute Gasteiger partial charge is 0.321 e. The van der Waals surface area contributed by atoms with Crippen LogP contribution in [0.3, 0.4) is 0 Å². The molecule has 1 aromatic carbocycles. The first-order valence-corrected chi connectivity index (χ1v) is 6.12. The smallest absolute Gasteiger partial charge is 0.258 e. The number of para-hydroxylation sites is 1. The van der Waals surface area contributed by atoms with E-state index in [2.05, 4.69) is 26.2 Å². The fourth-order valence-electron chi connectivity index (χ4n) is 1.33. The lowest BCUT2D eigenvalue weighted by molar-refractivity contribution is 0.102. The van der Waals surface area contributed by atoms with Gasteiger partial charge in [0.05, 0.1) is 17.4 Å². The minimum Gasteiger partial charge on any atom is -0.321 e. The zero-order chi connectivity index (χ0) is 13.1. The normalized spacial score (nSPS) is 10.2. The van der Waals surface area contributed by atoms with Gasteiger partial charge in [0.25, 0.3) is 5.91 Å². The summed E-state index contributed by atoms with van der Waals surface area (Å²) in [5.41, 5.74) is 0.565. The molecule has 0 saturated heterocycles. The lowest BCUT2D eigenvalue weighted by atomic mass is 10.2. The van der Waals surface area contributed by atoms with E-state index in [0.29, 0.717) is 5.69 Å². The Morgan fingerprint density at radius 2 is 2.11 bits per heavy atom. The Labute approximate surface area is 116 Å². The molecular formula is C12H7BrClFN2O. The molecule has 0 aliphatic heterocycles. The van der Waals surface area contributed by atoms with Gasteiger partial charge in [0, 0.05) is 4.47 Å². The van der Waals surface area contributed by atoms with E-state index in [9.17, 15) is 9.18 Å². The maximum Gasteiger partial charge on any atom is 0.258 e. The van der Waals surface area contributed by atoms with E-state index in [1.807, 2.05) is 6.07 Å². The Morgan fingerprint density at radius 1 is 1.39 bits per heavy atom. The summed E-state index contributed by atoms with van der Waals surface area (Å²) >= 11 is 9.04. The number of nitrogens with zero attached hydrogens (tertiary/aromatic N) is 1. The van der Waals surface area contributed by atoms with E-state index in [1.54, 1.807) is 18.2 Å². The number of carbonyl (C=O) groups is 1. The fraction of sp³-hybridized carbons (Fsp3) is 0. The van der Waals surface area contributed by atoms with Crippen molar-refractivity contribution in [3.63, 3.8) is 0 Å². The molecule has 6 heteroatoms. The van der Waals surface area contributed by atoms with Crippen molar-refractivity contribution in [3.8, 4) is 0 Å². The zero-order valence-corrected chi connectivity index (χ0v) is 11.3. The fourth-order valence-corrected chi connectivity index (χ4v) is 1.91. The number of benzene rings is 1. The van der Waals surface area contributed by atoms with Gasteiger partial charge in [-0.25, -0.2) is 9.37 Å². The third-order valence-corrected chi connectivity index (χ3v) is 3.17. The molecule has 0 radical (unpaired) electrons. The van der Waals surface area contributed by atoms with E-state index in [1.165, 1.54) is 0 Å². The molecule has 1 heterocycles. The first-order chi connectivity index (χ1) is 8.58. The van der Waals surface area contributed by atoms with Crippen molar-refractivity contribution in [3.05, 3.63) is 57.5 Å². The second-order valence-electron chi connectivity index (χ2n) is 3.43. The molecule has 0 spiro atoms. The highest BCUT2D eigenvalue weighted by Gasteiger charge is 2.13. The number of anilines is 1. The summed E-state index contributed by atoms with van der Waals surface area (Å²) in [5.74, 6) is -1.13. The molecule has 0 aliphatic rings. The van der Waals surface area contributed by atoms with Crippen molar-refractivity contribution >= 4 is 39.1 Å². The van der Waals surface area contributed by atoms with Crippen molar-refractivity contribution in [1.29, 1.82) is 0 Å².